The Balaban J connectivity index is 4.62. The number of nitrogens with zero attached hydrogens (tertiary/aromatic N) is 1. The SMILES string of the molecule is C/C(N)=C(\C#N)C(N)=S. The van der Waals surface area contributed by atoms with Crippen molar-refractivity contribution >= 4 is 17.2 Å². The zero-order valence-corrected chi connectivity index (χ0v) is 5.83. The Morgan fingerprint density at radius 1 is 1.56 bits per heavy atom. The summed E-state index contributed by atoms with van der Waals surface area (Å²) in [4.78, 5) is 0.0532. The summed E-state index contributed by atoms with van der Waals surface area (Å²) in [5.41, 5.74) is 10.9. The molecule has 4 N–H and O–H groups in total. The van der Waals surface area contributed by atoms with Crippen LogP contribution in [0.1, 0.15) is 6.92 Å². The number of hydrogen-bond donors (Lipinski definition) is 2. The molecule has 0 fully saturated rings. The molecule has 4 heteroatoms. The molecule has 0 aromatic heterocycles. The minimum atomic E-state index is 0.0532. The third kappa shape index (κ3) is 2.11. The topological polar surface area (TPSA) is 75.8 Å². The third-order valence-corrected chi connectivity index (χ3v) is 0.957. The molecule has 0 unspecified atom stereocenters. The van der Waals surface area contributed by atoms with Crippen LogP contribution in [0.3, 0.4) is 0 Å². The highest BCUT2D eigenvalue weighted by atomic mass is 32.1. The Kier molecular flexibility index (Phi) is 2.68. The van der Waals surface area contributed by atoms with E-state index < -0.39 is 0 Å². The molecule has 0 aliphatic heterocycles. The standard InChI is InChI=1S/C5H7N3S/c1-3(7)4(2-6)5(8)9/h7H2,1H3,(H2,8,9)/b4-3-. The van der Waals surface area contributed by atoms with Crippen LogP contribution in [0, 0.1) is 11.3 Å². The van der Waals surface area contributed by atoms with Crippen LogP contribution in [-0.4, -0.2) is 4.99 Å². The molecule has 0 aliphatic carbocycles. The smallest absolute Gasteiger partial charge is 0.116 e. The van der Waals surface area contributed by atoms with Gasteiger partial charge in [-0.15, -0.1) is 0 Å². The second-order valence-electron chi connectivity index (χ2n) is 1.53. The van der Waals surface area contributed by atoms with Crippen LogP contribution in [0.15, 0.2) is 11.3 Å². The summed E-state index contributed by atoms with van der Waals surface area (Å²) < 4.78 is 0. The highest BCUT2D eigenvalue weighted by molar-refractivity contribution is 7.80. The van der Waals surface area contributed by atoms with Gasteiger partial charge in [0, 0.05) is 5.70 Å². The third-order valence-electron chi connectivity index (χ3n) is 0.753. The summed E-state index contributed by atoms with van der Waals surface area (Å²) in [6.07, 6.45) is 0. The molecule has 0 aliphatic rings. The van der Waals surface area contributed by atoms with E-state index in [2.05, 4.69) is 12.2 Å². The number of rotatable bonds is 1. The van der Waals surface area contributed by atoms with Gasteiger partial charge in [0.2, 0.25) is 0 Å². The van der Waals surface area contributed by atoms with Crippen LogP contribution in [0.5, 0.6) is 0 Å². The molecule has 0 heterocycles. The van der Waals surface area contributed by atoms with E-state index in [4.69, 9.17) is 16.7 Å². The van der Waals surface area contributed by atoms with Crippen LogP contribution in [0.25, 0.3) is 0 Å². The highest BCUT2D eigenvalue weighted by Crippen LogP contribution is 1.95. The monoisotopic (exact) mass is 141 g/mol. The Labute approximate surface area is 58.9 Å². The second-order valence-corrected chi connectivity index (χ2v) is 1.97. The first kappa shape index (κ1) is 7.92. The van der Waals surface area contributed by atoms with Gasteiger partial charge < -0.3 is 11.5 Å². The lowest BCUT2D eigenvalue weighted by atomic mass is 10.2. The molecule has 0 bridgehead atoms. The van der Waals surface area contributed by atoms with Crippen molar-refractivity contribution in [3.63, 3.8) is 0 Å². The largest absolute Gasteiger partial charge is 0.401 e. The van der Waals surface area contributed by atoms with E-state index in [0.29, 0.717) is 5.70 Å². The molecule has 0 saturated carbocycles. The maximum Gasteiger partial charge on any atom is 0.116 e. The van der Waals surface area contributed by atoms with Gasteiger partial charge in [-0.2, -0.15) is 5.26 Å². The molecular formula is C5H7N3S. The van der Waals surface area contributed by atoms with Crippen molar-refractivity contribution in [3.8, 4) is 6.07 Å². The van der Waals surface area contributed by atoms with E-state index in [9.17, 15) is 0 Å². The van der Waals surface area contributed by atoms with E-state index in [1.807, 2.05) is 0 Å². The van der Waals surface area contributed by atoms with Crippen LogP contribution >= 0.6 is 12.2 Å². The zero-order valence-electron chi connectivity index (χ0n) is 5.01. The average molecular weight is 141 g/mol. The van der Waals surface area contributed by atoms with Crippen molar-refractivity contribution < 1.29 is 0 Å². The van der Waals surface area contributed by atoms with Crippen LogP contribution in [0.2, 0.25) is 0 Å². The Morgan fingerprint density at radius 3 is 2.00 bits per heavy atom. The summed E-state index contributed by atoms with van der Waals surface area (Å²) in [7, 11) is 0. The lowest BCUT2D eigenvalue weighted by Gasteiger charge is -1.94. The summed E-state index contributed by atoms with van der Waals surface area (Å²) >= 11 is 4.51. The van der Waals surface area contributed by atoms with Crippen molar-refractivity contribution in [2.24, 2.45) is 11.5 Å². The molecule has 48 valence electrons. The molecule has 0 spiro atoms. The van der Waals surface area contributed by atoms with E-state index in [-0.39, 0.29) is 10.6 Å². The van der Waals surface area contributed by atoms with Gasteiger partial charge in [-0.25, -0.2) is 0 Å². The Bertz CT molecular complexity index is 195. The summed E-state index contributed by atoms with van der Waals surface area (Å²) in [6, 6.07) is 1.79. The second kappa shape index (κ2) is 3.05. The first-order chi connectivity index (χ1) is 4.09. The molecule has 0 aromatic carbocycles. The molecule has 0 aromatic rings. The number of nitrogens with two attached hydrogens (primary N) is 2. The lowest BCUT2D eigenvalue weighted by Crippen LogP contribution is -2.14. The molecule has 0 radical (unpaired) electrons. The molecule has 3 nitrogen and oxygen atoms in total. The fraction of sp³-hybridized carbons (Fsp3) is 0.200. The first-order valence-corrected chi connectivity index (χ1v) is 2.66. The van der Waals surface area contributed by atoms with Gasteiger partial charge >= 0.3 is 0 Å². The maximum absolute atomic E-state index is 8.31. The molecular weight excluding hydrogens is 134 g/mol. The number of allylic oxidation sites excluding steroid dienone is 1. The quantitative estimate of drug-likeness (QED) is 0.307. The Hall–Kier alpha value is -1.08. The van der Waals surface area contributed by atoms with Gasteiger partial charge in [0.15, 0.2) is 0 Å². The first-order valence-electron chi connectivity index (χ1n) is 2.26. The van der Waals surface area contributed by atoms with Gasteiger partial charge in [-0.05, 0) is 6.92 Å². The lowest BCUT2D eigenvalue weighted by molar-refractivity contribution is 1.29. The number of hydrogen-bond acceptors (Lipinski definition) is 3. The summed E-state index contributed by atoms with van der Waals surface area (Å²) in [5, 5.41) is 8.31. The Morgan fingerprint density at radius 2 is 2.00 bits per heavy atom. The van der Waals surface area contributed by atoms with E-state index in [0.717, 1.165) is 0 Å². The van der Waals surface area contributed by atoms with Crippen molar-refractivity contribution in [3.05, 3.63) is 11.3 Å². The highest BCUT2D eigenvalue weighted by Gasteiger charge is 1.99. The van der Waals surface area contributed by atoms with E-state index in [1.165, 1.54) is 0 Å². The zero-order chi connectivity index (χ0) is 7.44. The predicted octanol–water partition coefficient (Wildman–Crippen LogP) is 0.0288. The molecule has 0 saturated heterocycles. The van der Waals surface area contributed by atoms with Crippen LogP contribution in [-0.2, 0) is 0 Å². The number of thiocarbonyl (C=S) groups is 1. The minimum absolute atomic E-state index is 0.0532. The fourth-order valence-corrected chi connectivity index (χ4v) is 0.544. The molecule has 0 rings (SSSR count). The van der Waals surface area contributed by atoms with Crippen molar-refractivity contribution in [2.75, 3.05) is 0 Å². The van der Waals surface area contributed by atoms with Crippen LogP contribution in [0.4, 0.5) is 0 Å². The van der Waals surface area contributed by atoms with Crippen molar-refractivity contribution in [1.82, 2.24) is 0 Å². The molecule has 0 amide bonds. The predicted molar refractivity (Wildman–Crippen MR) is 39.3 cm³/mol. The van der Waals surface area contributed by atoms with Gasteiger partial charge in [-0.3, -0.25) is 0 Å². The van der Waals surface area contributed by atoms with Crippen molar-refractivity contribution in [1.29, 1.82) is 5.26 Å². The van der Waals surface area contributed by atoms with Gasteiger partial charge in [0.25, 0.3) is 0 Å². The minimum Gasteiger partial charge on any atom is -0.401 e. The van der Waals surface area contributed by atoms with E-state index in [1.54, 1.807) is 13.0 Å². The van der Waals surface area contributed by atoms with Gasteiger partial charge in [0.1, 0.15) is 16.6 Å². The molecule has 9 heavy (non-hydrogen) atoms. The fourth-order valence-electron chi connectivity index (χ4n) is 0.338. The average Bonchev–Trinajstić information content (AvgIpc) is 1.64. The normalized spacial score (nSPS) is 11.6. The van der Waals surface area contributed by atoms with Crippen LogP contribution < -0.4 is 11.5 Å². The molecule has 0 atom stereocenters. The summed E-state index contributed by atoms with van der Waals surface area (Å²) in [5.74, 6) is 0. The van der Waals surface area contributed by atoms with Gasteiger partial charge in [-0.1, -0.05) is 12.2 Å². The van der Waals surface area contributed by atoms with E-state index >= 15 is 0 Å². The van der Waals surface area contributed by atoms with Gasteiger partial charge in [0.05, 0.1) is 0 Å². The maximum atomic E-state index is 8.31. The van der Waals surface area contributed by atoms with Crippen molar-refractivity contribution in [2.45, 2.75) is 6.92 Å². The summed E-state index contributed by atoms with van der Waals surface area (Å²) in [6.45, 7) is 1.58. The number of nitriles is 1.